The van der Waals surface area contributed by atoms with E-state index in [4.69, 9.17) is 4.74 Å². The van der Waals surface area contributed by atoms with Gasteiger partial charge in [0.2, 0.25) is 5.91 Å². The van der Waals surface area contributed by atoms with Crippen LogP contribution in [-0.2, 0) is 4.79 Å². The number of phenolic OH excluding ortho intramolecular Hbond substituents is 1. The van der Waals surface area contributed by atoms with Gasteiger partial charge in [-0.15, -0.1) is 0 Å². The fraction of sp³-hybridized carbons (Fsp3) is 0.350. The molecule has 1 fully saturated rings. The number of phenols is 1. The first-order chi connectivity index (χ1) is 12.1. The minimum Gasteiger partial charge on any atom is -0.508 e. The molecule has 5 heteroatoms. The van der Waals surface area contributed by atoms with Crippen LogP contribution in [0.4, 0.5) is 5.69 Å². The van der Waals surface area contributed by atoms with E-state index in [0.29, 0.717) is 18.8 Å². The quantitative estimate of drug-likeness (QED) is 0.909. The maximum absolute atomic E-state index is 12.3. The summed E-state index contributed by atoms with van der Waals surface area (Å²) in [7, 11) is 0. The van der Waals surface area contributed by atoms with E-state index in [-0.39, 0.29) is 11.7 Å². The van der Waals surface area contributed by atoms with E-state index in [0.717, 1.165) is 26.2 Å². The second-order valence-electron chi connectivity index (χ2n) is 6.25. The summed E-state index contributed by atoms with van der Waals surface area (Å²) in [4.78, 5) is 16.6. The van der Waals surface area contributed by atoms with Crippen LogP contribution >= 0.6 is 0 Å². The van der Waals surface area contributed by atoms with Crippen LogP contribution in [0.3, 0.4) is 0 Å². The van der Waals surface area contributed by atoms with Crippen molar-refractivity contribution in [3.05, 3.63) is 54.1 Å². The van der Waals surface area contributed by atoms with Crippen LogP contribution in [0.1, 0.15) is 12.0 Å². The Labute approximate surface area is 148 Å². The van der Waals surface area contributed by atoms with E-state index in [1.807, 2.05) is 11.0 Å². The SMILES string of the molecule is Cc1ccccc1N1CCN(C(=O)CCOc2ccc(O)cc2)CC1. The summed E-state index contributed by atoms with van der Waals surface area (Å²) in [5.41, 5.74) is 2.52. The largest absolute Gasteiger partial charge is 0.508 e. The van der Waals surface area contributed by atoms with Gasteiger partial charge in [0.1, 0.15) is 11.5 Å². The number of aryl methyl sites for hydroxylation is 1. The summed E-state index contributed by atoms with van der Waals surface area (Å²) >= 11 is 0. The van der Waals surface area contributed by atoms with Gasteiger partial charge >= 0.3 is 0 Å². The third kappa shape index (κ3) is 4.44. The first-order valence-corrected chi connectivity index (χ1v) is 8.63. The normalized spacial score (nSPS) is 14.4. The van der Waals surface area contributed by atoms with Gasteiger partial charge in [-0.1, -0.05) is 18.2 Å². The van der Waals surface area contributed by atoms with Crippen LogP contribution < -0.4 is 9.64 Å². The van der Waals surface area contributed by atoms with Gasteiger partial charge in [-0.2, -0.15) is 0 Å². The van der Waals surface area contributed by atoms with Gasteiger partial charge in [-0.3, -0.25) is 4.79 Å². The number of hydrogen-bond donors (Lipinski definition) is 1. The number of ether oxygens (including phenoxy) is 1. The average molecular weight is 340 g/mol. The molecule has 25 heavy (non-hydrogen) atoms. The lowest BCUT2D eigenvalue weighted by molar-refractivity contribution is -0.132. The second kappa shape index (κ2) is 7.92. The van der Waals surface area contributed by atoms with Gasteiger partial charge in [-0.25, -0.2) is 0 Å². The van der Waals surface area contributed by atoms with E-state index in [1.54, 1.807) is 24.3 Å². The summed E-state index contributed by atoms with van der Waals surface area (Å²) in [6.45, 7) is 5.67. The molecule has 1 amide bonds. The first kappa shape index (κ1) is 17.1. The zero-order valence-electron chi connectivity index (χ0n) is 14.5. The summed E-state index contributed by atoms with van der Waals surface area (Å²) < 4.78 is 5.56. The lowest BCUT2D eigenvalue weighted by Gasteiger charge is -2.36. The Morgan fingerprint density at radius 2 is 1.72 bits per heavy atom. The molecule has 1 heterocycles. The van der Waals surface area contributed by atoms with Gasteiger partial charge in [-0.05, 0) is 42.8 Å². The number of piperazine rings is 1. The van der Waals surface area contributed by atoms with Gasteiger partial charge in [0.25, 0.3) is 0 Å². The van der Waals surface area contributed by atoms with E-state index in [1.165, 1.54) is 11.3 Å². The van der Waals surface area contributed by atoms with Crippen LogP contribution in [0.2, 0.25) is 0 Å². The number of hydrogen-bond acceptors (Lipinski definition) is 4. The Kier molecular flexibility index (Phi) is 5.43. The van der Waals surface area contributed by atoms with Crippen molar-refractivity contribution in [1.29, 1.82) is 0 Å². The molecule has 5 nitrogen and oxygen atoms in total. The van der Waals surface area contributed by atoms with E-state index in [2.05, 4.69) is 30.0 Å². The summed E-state index contributed by atoms with van der Waals surface area (Å²) in [6, 6.07) is 14.9. The fourth-order valence-corrected chi connectivity index (χ4v) is 3.07. The lowest BCUT2D eigenvalue weighted by Crippen LogP contribution is -2.49. The number of carbonyl (C=O) groups is 1. The van der Waals surface area contributed by atoms with Crippen molar-refractivity contribution in [2.45, 2.75) is 13.3 Å². The highest BCUT2D eigenvalue weighted by molar-refractivity contribution is 5.76. The Balaban J connectivity index is 1.44. The number of anilines is 1. The van der Waals surface area contributed by atoms with Gasteiger partial charge < -0.3 is 19.6 Å². The highest BCUT2D eigenvalue weighted by Gasteiger charge is 2.21. The molecule has 2 aromatic rings. The van der Waals surface area contributed by atoms with Crippen molar-refractivity contribution in [3.63, 3.8) is 0 Å². The number of carbonyl (C=O) groups excluding carboxylic acids is 1. The molecule has 0 aromatic heterocycles. The Hall–Kier alpha value is -2.69. The highest BCUT2D eigenvalue weighted by Crippen LogP contribution is 2.21. The van der Waals surface area contributed by atoms with Crippen LogP contribution in [0.25, 0.3) is 0 Å². The zero-order valence-corrected chi connectivity index (χ0v) is 14.5. The van der Waals surface area contributed by atoms with E-state index < -0.39 is 0 Å². The van der Waals surface area contributed by atoms with Crippen molar-refractivity contribution in [1.82, 2.24) is 4.90 Å². The number of para-hydroxylation sites is 1. The summed E-state index contributed by atoms with van der Waals surface area (Å²) in [5.74, 6) is 0.994. The minimum absolute atomic E-state index is 0.128. The third-order valence-electron chi connectivity index (χ3n) is 4.51. The predicted molar refractivity (Wildman–Crippen MR) is 98.2 cm³/mol. The minimum atomic E-state index is 0.128. The van der Waals surface area contributed by atoms with Crippen molar-refractivity contribution in [3.8, 4) is 11.5 Å². The molecule has 0 radical (unpaired) electrons. The molecule has 1 aliphatic rings. The molecular weight excluding hydrogens is 316 g/mol. The molecule has 0 atom stereocenters. The van der Waals surface area contributed by atoms with E-state index >= 15 is 0 Å². The molecule has 0 saturated carbocycles. The van der Waals surface area contributed by atoms with Crippen LogP contribution in [0.5, 0.6) is 11.5 Å². The number of amides is 1. The van der Waals surface area contributed by atoms with Gasteiger partial charge in [0.15, 0.2) is 0 Å². The maximum Gasteiger partial charge on any atom is 0.226 e. The molecule has 0 spiro atoms. The Morgan fingerprint density at radius 1 is 1.04 bits per heavy atom. The molecule has 1 N–H and O–H groups in total. The average Bonchev–Trinajstić information content (AvgIpc) is 2.64. The first-order valence-electron chi connectivity index (χ1n) is 8.63. The van der Waals surface area contributed by atoms with Crippen LogP contribution in [-0.4, -0.2) is 48.7 Å². The summed E-state index contributed by atoms with van der Waals surface area (Å²) in [6.07, 6.45) is 0.366. The van der Waals surface area contributed by atoms with Crippen molar-refractivity contribution in [2.75, 3.05) is 37.7 Å². The predicted octanol–water partition coefficient (Wildman–Crippen LogP) is 2.82. The monoisotopic (exact) mass is 340 g/mol. The summed E-state index contributed by atoms with van der Waals surface area (Å²) in [5, 5.41) is 9.24. The molecule has 1 saturated heterocycles. The molecule has 0 bridgehead atoms. The van der Waals surface area contributed by atoms with E-state index in [9.17, 15) is 9.90 Å². The molecular formula is C20H24N2O3. The standard InChI is InChI=1S/C20H24N2O3/c1-16-4-2-3-5-19(16)21-11-13-22(14-12-21)20(24)10-15-25-18-8-6-17(23)7-9-18/h2-9,23H,10-15H2,1H3. The number of aromatic hydroxyl groups is 1. The Morgan fingerprint density at radius 3 is 2.40 bits per heavy atom. The van der Waals surface area contributed by atoms with Gasteiger partial charge in [0.05, 0.1) is 13.0 Å². The van der Waals surface area contributed by atoms with Crippen molar-refractivity contribution >= 4 is 11.6 Å². The number of nitrogens with zero attached hydrogens (tertiary/aromatic N) is 2. The van der Waals surface area contributed by atoms with Crippen LogP contribution in [0.15, 0.2) is 48.5 Å². The molecule has 132 valence electrons. The molecule has 0 unspecified atom stereocenters. The van der Waals surface area contributed by atoms with Crippen molar-refractivity contribution in [2.24, 2.45) is 0 Å². The van der Waals surface area contributed by atoms with Crippen LogP contribution in [0, 0.1) is 6.92 Å². The zero-order chi connectivity index (χ0) is 17.6. The number of rotatable bonds is 5. The molecule has 3 rings (SSSR count). The molecule has 1 aliphatic heterocycles. The topological polar surface area (TPSA) is 53.0 Å². The Bertz CT molecular complexity index is 707. The van der Waals surface area contributed by atoms with Crippen molar-refractivity contribution < 1.29 is 14.6 Å². The smallest absolute Gasteiger partial charge is 0.226 e. The number of benzene rings is 2. The molecule has 2 aromatic carbocycles. The highest BCUT2D eigenvalue weighted by atomic mass is 16.5. The molecule has 0 aliphatic carbocycles. The maximum atomic E-state index is 12.3. The third-order valence-corrected chi connectivity index (χ3v) is 4.51. The second-order valence-corrected chi connectivity index (χ2v) is 6.25. The lowest BCUT2D eigenvalue weighted by atomic mass is 10.1. The fourth-order valence-electron chi connectivity index (χ4n) is 3.07. The van der Waals surface area contributed by atoms with Gasteiger partial charge in [0, 0.05) is 31.9 Å².